The largest absolute Gasteiger partial charge is 0.310 e. The van der Waals surface area contributed by atoms with Crippen LogP contribution in [0.15, 0.2) is 194 Å². The Balaban J connectivity index is 1.13. The molecule has 8 aromatic carbocycles. The smallest absolute Gasteiger partial charge is 0.0547 e. The molecule has 0 aliphatic heterocycles. The lowest BCUT2D eigenvalue weighted by atomic mass is 10.00. The van der Waals surface area contributed by atoms with E-state index in [4.69, 9.17) is 0 Å². The van der Waals surface area contributed by atoms with Crippen LogP contribution in [-0.2, 0) is 0 Å². The summed E-state index contributed by atoms with van der Waals surface area (Å²) < 4.78 is 2.40. The molecular weight excluding hydrogens is 581 g/mol. The molecule has 1 heterocycles. The summed E-state index contributed by atoms with van der Waals surface area (Å²) in [6.07, 6.45) is 0. The summed E-state index contributed by atoms with van der Waals surface area (Å²) >= 11 is 0. The van der Waals surface area contributed by atoms with E-state index < -0.39 is 0 Å². The van der Waals surface area contributed by atoms with Crippen LogP contribution in [0.5, 0.6) is 0 Å². The van der Waals surface area contributed by atoms with Crippen LogP contribution < -0.4 is 4.90 Å². The zero-order valence-corrected chi connectivity index (χ0v) is 26.4. The lowest BCUT2D eigenvalue weighted by Gasteiger charge is -2.26. The van der Waals surface area contributed by atoms with Gasteiger partial charge in [0, 0.05) is 33.5 Å². The van der Waals surface area contributed by atoms with Crippen LogP contribution in [0.1, 0.15) is 0 Å². The second kappa shape index (κ2) is 11.8. The summed E-state index contributed by atoms with van der Waals surface area (Å²) in [6, 6.07) is 69.8. The predicted octanol–water partition coefficient (Wildman–Crippen LogP) is 12.7. The van der Waals surface area contributed by atoms with Crippen molar-refractivity contribution in [3.63, 3.8) is 0 Å². The van der Waals surface area contributed by atoms with Crippen LogP contribution >= 0.6 is 0 Å². The molecular formula is C46H32N2. The first-order chi connectivity index (χ1) is 23.8. The number of para-hydroxylation sites is 2. The minimum atomic E-state index is 1.10. The maximum atomic E-state index is 2.40. The van der Waals surface area contributed by atoms with Gasteiger partial charge in [0.2, 0.25) is 0 Å². The summed E-state index contributed by atoms with van der Waals surface area (Å²) in [5.41, 5.74) is 11.7. The van der Waals surface area contributed by atoms with E-state index in [-0.39, 0.29) is 0 Å². The molecule has 0 saturated carbocycles. The van der Waals surface area contributed by atoms with Crippen molar-refractivity contribution < 1.29 is 0 Å². The van der Waals surface area contributed by atoms with E-state index in [0.29, 0.717) is 0 Å². The molecule has 9 rings (SSSR count). The standard InChI is InChI=1S/C46H32N2/c1-3-12-33(13-4-1)34-22-24-35(25-23-34)37-15-11-18-41(32-37)47(38-16-5-2-6-17-38)39-27-29-40(30-28-39)48-44-21-10-9-20-43(44)46-42-19-8-7-14-36(42)26-31-45(46)48/h1-32H. The number of hydrogen-bond acceptors (Lipinski definition) is 1. The maximum Gasteiger partial charge on any atom is 0.0547 e. The van der Waals surface area contributed by atoms with Crippen LogP contribution in [0.25, 0.3) is 60.5 Å². The van der Waals surface area contributed by atoms with Crippen molar-refractivity contribution in [1.82, 2.24) is 4.57 Å². The van der Waals surface area contributed by atoms with Crippen LogP contribution in [-0.4, -0.2) is 4.57 Å². The molecule has 0 aliphatic rings. The molecule has 2 heteroatoms. The number of benzene rings is 8. The third kappa shape index (κ3) is 4.83. The molecule has 0 aliphatic carbocycles. The van der Waals surface area contributed by atoms with E-state index >= 15 is 0 Å². The van der Waals surface area contributed by atoms with Gasteiger partial charge >= 0.3 is 0 Å². The molecule has 0 fully saturated rings. The van der Waals surface area contributed by atoms with Gasteiger partial charge in [0.1, 0.15) is 0 Å². The minimum Gasteiger partial charge on any atom is -0.310 e. The second-order valence-electron chi connectivity index (χ2n) is 12.2. The molecule has 0 unspecified atom stereocenters. The van der Waals surface area contributed by atoms with Gasteiger partial charge in [0.25, 0.3) is 0 Å². The van der Waals surface area contributed by atoms with Crippen molar-refractivity contribution in [3.05, 3.63) is 194 Å². The zero-order chi connectivity index (χ0) is 31.9. The summed E-state index contributed by atoms with van der Waals surface area (Å²) in [6.45, 7) is 0. The Morgan fingerprint density at radius 2 is 0.896 bits per heavy atom. The summed E-state index contributed by atoms with van der Waals surface area (Å²) in [4.78, 5) is 2.34. The van der Waals surface area contributed by atoms with E-state index in [2.05, 4.69) is 204 Å². The highest BCUT2D eigenvalue weighted by atomic mass is 15.1. The second-order valence-corrected chi connectivity index (χ2v) is 12.2. The summed E-state index contributed by atoms with van der Waals surface area (Å²) in [7, 11) is 0. The Hall–Kier alpha value is -6.38. The fourth-order valence-corrected chi connectivity index (χ4v) is 7.10. The van der Waals surface area contributed by atoms with Crippen molar-refractivity contribution >= 4 is 49.6 Å². The molecule has 0 bridgehead atoms. The molecule has 0 spiro atoms. The van der Waals surface area contributed by atoms with Gasteiger partial charge in [-0.3, -0.25) is 0 Å². The highest BCUT2D eigenvalue weighted by molar-refractivity contribution is 6.21. The first kappa shape index (κ1) is 27.9. The fraction of sp³-hybridized carbons (Fsp3) is 0. The van der Waals surface area contributed by atoms with Gasteiger partial charge in [0.15, 0.2) is 0 Å². The van der Waals surface area contributed by atoms with Gasteiger partial charge in [-0.2, -0.15) is 0 Å². The quantitative estimate of drug-likeness (QED) is 0.181. The monoisotopic (exact) mass is 612 g/mol. The van der Waals surface area contributed by atoms with Gasteiger partial charge in [0.05, 0.1) is 11.0 Å². The highest BCUT2D eigenvalue weighted by Gasteiger charge is 2.17. The summed E-state index contributed by atoms with van der Waals surface area (Å²) in [5, 5.41) is 5.11. The van der Waals surface area contributed by atoms with E-state index in [1.807, 2.05) is 0 Å². The number of aromatic nitrogens is 1. The normalized spacial score (nSPS) is 11.3. The molecule has 0 radical (unpaired) electrons. The van der Waals surface area contributed by atoms with Crippen LogP contribution in [0.4, 0.5) is 17.1 Å². The van der Waals surface area contributed by atoms with Gasteiger partial charge in [-0.05, 0) is 93.7 Å². The SMILES string of the molecule is c1ccc(-c2ccc(-c3cccc(N(c4ccccc4)c4ccc(-n5c6ccccc6c6c7ccccc7ccc65)cc4)c3)cc2)cc1. The van der Waals surface area contributed by atoms with Crippen molar-refractivity contribution in [1.29, 1.82) is 0 Å². The van der Waals surface area contributed by atoms with Crippen molar-refractivity contribution in [3.8, 4) is 27.9 Å². The van der Waals surface area contributed by atoms with E-state index in [9.17, 15) is 0 Å². The van der Waals surface area contributed by atoms with Gasteiger partial charge in [-0.1, -0.05) is 133 Å². The van der Waals surface area contributed by atoms with E-state index in [1.165, 1.54) is 54.8 Å². The average molecular weight is 613 g/mol. The van der Waals surface area contributed by atoms with Gasteiger partial charge in [-0.25, -0.2) is 0 Å². The molecule has 48 heavy (non-hydrogen) atoms. The number of fused-ring (bicyclic) bond motifs is 5. The Bertz CT molecular complexity index is 2530. The van der Waals surface area contributed by atoms with E-state index in [0.717, 1.165) is 22.7 Å². The molecule has 226 valence electrons. The third-order valence-corrected chi connectivity index (χ3v) is 9.37. The maximum absolute atomic E-state index is 2.40. The molecule has 0 N–H and O–H groups in total. The van der Waals surface area contributed by atoms with Crippen LogP contribution in [0, 0.1) is 0 Å². The molecule has 0 amide bonds. The first-order valence-electron chi connectivity index (χ1n) is 16.4. The molecule has 9 aromatic rings. The molecule has 1 aromatic heterocycles. The van der Waals surface area contributed by atoms with Crippen LogP contribution in [0.3, 0.4) is 0 Å². The predicted molar refractivity (Wildman–Crippen MR) is 204 cm³/mol. The Morgan fingerprint density at radius 3 is 1.67 bits per heavy atom. The number of hydrogen-bond donors (Lipinski definition) is 0. The third-order valence-electron chi connectivity index (χ3n) is 9.37. The highest BCUT2D eigenvalue weighted by Crippen LogP contribution is 2.40. The minimum absolute atomic E-state index is 1.10. The number of nitrogens with zero attached hydrogens (tertiary/aromatic N) is 2. The van der Waals surface area contributed by atoms with Gasteiger partial charge in [-0.15, -0.1) is 0 Å². The fourth-order valence-electron chi connectivity index (χ4n) is 7.10. The lowest BCUT2D eigenvalue weighted by Crippen LogP contribution is -2.10. The molecule has 0 atom stereocenters. The number of anilines is 3. The lowest BCUT2D eigenvalue weighted by molar-refractivity contribution is 1.17. The first-order valence-corrected chi connectivity index (χ1v) is 16.4. The molecule has 2 nitrogen and oxygen atoms in total. The van der Waals surface area contributed by atoms with Crippen LogP contribution in [0.2, 0.25) is 0 Å². The Morgan fingerprint density at radius 1 is 0.333 bits per heavy atom. The Kier molecular flexibility index (Phi) is 6.84. The van der Waals surface area contributed by atoms with E-state index in [1.54, 1.807) is 0 Å². The van der Waals surface area contributed by atoms with Crippen molar-refractivity contribution in [2.45, 2.75) is 0 Å². The molecule has 0 saturated heterocycles. The zero-order valence-electron chi connectivity index (χ0n) is 26.4. The summed E-state index contributed by atoms with van der Waals surface area (Å²) in [5.74, 6) is 0. The van der Waals surface area contributed by atoms with Crippen molar-refractivity contribution in [2.75, 3.05) is 4.90 Å². The Labute approximate surface area is 280 Å². The van der Waals surface area contributed by atoms with Gasteiger partial charge < -0.3 is 9.47 Å². The topological polar surface area (TPSA) is 8.17 Å². The average Bonchev–Trinajstić information content (AvgIpc) is 3.51. The van der Waals surface area contributed by atoms with Crippen molar-refractivity contribution in [2.24, 2.45) is 0 Å². The number of rotatable bonds is 6.